The van der Waals surface area contributed by atoms with Crippen molar-refractivity contribution in [2.75, 3.05) is 6.54 Å². The summed E-state index contributed by atoms with van der Waals surface area (Å²) in [6, 6.07) is 7.41. The van der Waals surface area contributed by atoms with Gasteiger partial charge in [0.25, 0.3) is 0 Å². The van der Waals surface area contributed by atoms with E-state index in [0.29, 0.717) is 17.4 Å². The third-order valence-corrected chi connectivity index (χ3v) is 2.42. The van der Waals surface area contributed by atoms with Crippen LogP contribution in [0.15, 0.2) is 24.3 Å². The van der Waals surface area contributed by atoms with Crippen LogP contribution in [0.3, 0.4) is 0 Å². The molecule has 0 aliphatic carbocycles. The number of aryl methyl sites for hydroxylation is 1. The molecule has 0 amide bonds. The zero-order valence-corrected chi connectivity index (χ0v) is 9.48. The van der Waals surface area contributed by atoms with Gasteiger partial charge in [-0.25, -0.2) is 0 Å². The highest BCUT2D eigenvalue weighted by molar-refractivity contribution is 6.30. The largest absolute Gasteiger partial charge is 0.338 e. The van der Waals surface area contributed by atoms with E-state index in [4.69, 9.17) is 17.3 Å². The van der Waals surface area contributed by atoms with Gasteiger partial charge in [-0.05, 0) is 41.1 Å². The van der Waals surface area contributed by atoms with Crippen molar-refractivity contribution in [1.29, 1.82) is 0 Å². The van der Waals surface area contributed by atoms with Gasteiger partial charge < -0.3 is 5.73 Å². The fourth-order valence-corrected chi connectivity index (χ4v) is 1.45. The SMILES string of the molecule is NCCC[n+]1nc(-c2ccc(Cl)cc2)n[nH]1. The normalized spacial score (nSPS) is 10.6. The summed E-state index contributed by atoms with van der Waals surface area (Å²) in [5, 5.41) is 11.9. The van der Waals surface area contributed by atoms with Crippen LogP contribution >= 0.6 is 11.6 Å². The van der Waals surface area contributed by atoms with Crippen LogP contribution in [0.1, 0.15) is 6.42 Å². The Morgan fingerprint density at radius 3 is 2.75 bits per heavy atom. The summed E-state index contributed by atoms with van der Waals surface area (Å²) in [6.07, 6.45) is 0.875. The van der Waals surface area contributed by atoms with Crippen molar-refractivity contribution in [3.05, 3.63) is 29.3 Å². The average Bonchev–Trinajstić information content (AvgIpc) is 2.76. The van der Waals surface area contributed by atoms with E-state index < -0.39 is 0 Å². The molecule has 0 unspecified atom stereocenters. The van der Waals surface area contributed by atoms with Crippen molar-refractivity contribution in [2.45, 2.75) is 13.0 Å². The first kappa shape index (κ1) is 11.0. The molecule has 0 aliphatic heterocycles. The van der Waals surface area contributed by atoms with Gasteiger partial charge in [-0.15, -0.1) is 0 Å². The molecule has 16 heavy (non-hydrogen) atoms. The van der Waals surface area contributed by atoms with Crippen LogP contribution in [-0.2, 0) is 6.54 Å². The minimum absolute atomic E-state index is 0.643. The summed E-state index contributed by atoms with van der Waals surface area (Å²) in [5.74, 6) is 0.661. The van der Waals surface area contributed by atoms with E-state index in [9.17, 15) is 0 Å². The number of aromatic amines is 1. The Kier molecular flexibility index (Phi) is 3.48. The lowest BCUT2D eigenvalue weighted by Gasteiger charge is -1.90. The Morgan fingerprint density at radius 1 is 1.31 bits per heavy atom. The van der Waals surface area contributed by atoms with Crippen LogP contribution in [0.25, 0.3) is 11.4 Å². The molecule has 0 saturated carbocycles. The van der Waals surface area contributed by atoms with Crippen molar-refractivity contribution in [1.82, 2.24) is 15.4 Å². The van der Waals surface area contributed by atoms with Gasteiger partial charge in [-0.1, -0.05) is 16.4 Å². The molecular weight excluding hydrogens is 226 g/mol. The number of hydrogen-bond donors (Lipinski definition) is 2. The van der Waals surface area contributed by atoms with Crippen molar-refractivity contribution in [2.24, 2.45) is 5.73 Å². The summed E-state index contributed by atoms with van der Waals surface area (Å²) in [6.45, 7) is 1.39. The van der Waals surface area contributed by atoms with Crippen LogP contribution < -0.4 is 10.5 Å². The monoisotopic (exact) mass is 238 g/mol. The average molecular weight is 239 g/mol. The molecule has 0 saturated heterocycles. The van der Waals surface area contributed by atoms with Gasteiger partial charge in [0, 0.05) is 11.4 Å². The lowest BCUT2D eigenvalue weighted by atomic mass is 10.2. The summed E-state index contributed by atoms with van der Waals surface area (Å²) in [4.78, 5) is 1.68. The van der Waals surface area contributed by atoms with Crippen LogP contribution in [0.5, 0.6) is 0 Å². The summed E-state index contributed by atoms with van der Waals surface area (Å²) in [5.41, 5.74) is 6.36. The standard InChI is InChI=1S/C10H12ClN5/c11-9-4-2-8(3-5-9)10-13-15-16(14-10)7-1-6-12/h2-5H,1,6-7,12H2/p+1. The van der Waals surface area contributed by atoms with E-state index >= 15 is 0 Å². The first-order chi connectivity index (χ1) is 7.79. The van der Waals surface area contributed by atoms with E-state index in [0.717, 1.165) is 18.5 Å². The third-order valence-electron chi connectivity index (χ3n) is 2.16. The van der Waals surface area contributed by atoms with Crippen LogP contribution in [-0.4, -0.2) is 22.0 Å². The maximum Gasteiger partial charge on any atom is 0.338 e. The van der Waals surface area contributed by atoms with Gasteiger partial charge in [0.1, 0.15) is 6.54 Å². The maximum atomic E-state index is 5.81. The fraction of sp³-hybridized carbons (Fsp3) is 0.300. The van der Waals surface area contributed by atoms with Crippen molar-refractivity contribution in [3.63, 3.8) is 0 Å². The third kappa shape index (κ3) is 2.56. The molecule has 0 fully saturated rings. The number of tetrazole rings is 1. The number of aromatic nitrogens is 4. The molecular formula is C10H13ClN5+. The second-order valence-electron chi connectivity index (χ2n) is 3.41. The van der Waals surface area contributed by atoms with Crippen LogP contribution in [0.4, 0.5) is 0 Å². The number of nitrogens with one attached hydrogen (secondary N) is 1. The quantitative estimate of drug-likeness (QED) is 0.773. The molecule has 0 spiro atoms. The van der Waals surface area contributed by atoms with Crippen molar-refractivity contribution in [3.8, 4) is 11.4 Å². The molecule has 0 radical (unpaired) electrons. The molecule has 1 heterocycles. The van der Waals surface area contributed by atoms with Crippen molar-refractivity contribution < 1.29 is 4.80 Å². The predicted octanol–water partition coefficient (Wildman–Crippen LogP) is 0.761. The molecule has 2 rings (SSSR count). The molecule has 1 aromatic carbocycles. The predicted molar refractivity (Wildman–Crippen MR) is 60.7 cm³/mol. The van der Waals surface area contributed by atoms with E-state index in [1.54, 1.807) is 4.80 Å². The number of rotatable bonds is 4. The Bertz CT molecular complexity index is 450. The molecule has 0 aliphatic rings. The van der Waals surface area contributed by atoms with Crippen LogP contribution in [0, 0.1) is 0 Å². The Hall–Kier alpha value is -1.46. The van der Waals surface area contributed by atoms with Crippen molar-refractivity contribution >= 4 is 11.6 Å². The van der Waals surface area contributed by atoms with Gasteiger partial charge in [0.2, 0.25) is 0 Å². The number of halogens is 1. The molecule has 5 nitrogen and oxygen atoms in total. The lowest BCUT2D eigenvalue weighted by Crippen LogP contribution is -2.39. The second kappa shape index (κ2) is 5.05. The summed E-state index contributed by atoms with van der Waals surface area (Å²) < 4.78 is 0. The molecule has 1 aromatic heterocycles. The Labute approximate surface area is 98.2 Å². The zero-order valence-electron chi connectivity index (χ0n) is 8.73. The summed E-state index contributed by atoms with van der Waals surface area (Å²) >= 11 is 5.81. The smallest absolute Gasteiger partial charge is 0.330 e. The van der Waals surface area contributed by atoms with E-state index in [1.807, 2.05) is 24.3 Å². The summed E-state index contributed by atoms with van der Waals surface area (Å²) in [7, 11) is 0. The Morgan fingerprint density at radius 2 is 2.06 bits per heavy atom. The topological polar surface area (TPSA) is 71.5 Å². The molecule has 0 atom stereocenters. The number of nitrogens with zero attached hydrogens (tertiary/aromatic N) is 3. The molecule has 6 heteroatoms. The molecule has 84 valence electrons. The molecule has 3 N–H and O–H groups in total. The minimum Gasteiger partial charge on any atom is -0.330 e. The molecule has 0 bridgehead atoms. The first-order valence-electron chi connectivity index (χ1n) is 5.08. The van der Waals surface area contributed by atoms with Gasteiger partial charge >= 0.3 is 5.82 Å². The van der Waals surface area contributed by atoms with Gasteiger partial charge in [-0.2, -0.15) is 0 Å². The first-order valence-corrected chi connectivity index (χ1v) is 5.46. The van der Waals surface area contributed by atoms with Gasteiger partial charge in [0.15, 0.2) is 0 Å². The van der Waals surface area contributed by atoms with Gasteiger partial charge in [-0.3, -0.25) is 0 Å². The van der Waals surface area contributed by atoms with E-state index in [1.165, 1.54) is 0 Å². The van der Waals surface area contributed by atoms with Crippen LogP contribution in [0.2, 0.25) is 5.02 Å². The molecule has 2 aromatic rings. The minimum atomic E-state index is 0.643. The lowest BCUT2D eigenvalue weighted by molar-refractivity contribution is -0.804. The maximum absolute atomic E-state index is 5.81. The fourth-order valence-electron chi connectivity index (χ4n) is 1.33. The zero-order chi connectivity index (χ0) is 11.4. The Balaban J connectivity index is 2.15. The van der Waals surface area contributed by atoms with E-state index in [2.05, 4.69) is 15.4 Å². The van der Waals surface area contributed by atoms with Gasteiger partial charge in [0.05, 0.1) is 10.7 Å². The second-order valence-corrected chi connectivity index (χ2v) is 3.84. The highest BCUT2D eigenvalue weighted by Crippen LogP contribution is 2.16. The number of hydrogen-bond acceptors (Lipinski definition) is 3. The number of H-pyrrole nitrogens is 1. The number of benzene rings is 1. The highest BCUT2D eigenvalue weighted by atomic mass is 35.5. The number of nitrogens with two attached hydrogens (primary N) is 1. The highest BCUT2D eigenvalue weighted by Gasteiger charge is 2.12. The van der Waals surface area contributed by atoms with E-state index in [-0.39, 0.29) is 0 Å².